The van der Waals surface area contributed by atoms with Crippen LogP contribution in [0.3, 0.4) is 0 Å². The fourth-order valence-corrected chi connectivity index (χ4v) is 2.12. The summed E-state index contributed by atoms with van der Waals surface area (Å²) in [4.78, 5) is 4.02. The van der Waals surface area contributed by atoms with Crippen molar-refractivity contribution in [3.05, 3.63) is 83.4 Å². The van der Waals surface area contributed by atoms with Crippen LogP contribution in [0.1, 0.15) is 5.56 Å². The molecule has 0 saturated heterocycles. The highest BCUT2D eigenvalue weighted by atomic mass is 35.5. The van der Waals surface area contributed by atoms with Gasteiger partial charge in [0.1, 0.15) is 0 Å². The minimum Gasteiger partial charge on any atom is -0.287 e. The van der Waals surface area contributed by atoms with Gasteiger partial charge in [0.2, 0.25) is 0 Å². The molecule has 0 saturated carbocycles. The maximum Gasteiger partial charge on any atom is 0.0562 e. The van der Waals surface area contributed by atoms with Gasteiger partial charge in [-0.1, -0.05) is 11.6 Å². The van der Waals surface area contributed by atoms with Crippen molar-refractivity contribution in [1.29, 1.82) is 0 Å². The lowest BCUT2D eigenvalue weighted by Crippen LogP contribution is -2.36. The Hall–Kier alpha value is -2.46. The van der Waals surface area contributed by atoms with E-state index in [1.165, 1.54) is 11.1 Å². The van der Waals surface area contributed by atoms with Crippen molar-refractivity contribution in [2.24, 2.45) is 0 Å². The fourth-order valence-electron chi connectivity index (χ4n) is 1.99. The first kappa shape index (κ1) is 13.5. The van der Waals surface area contributed by atoms with E-state index in [4.69, 9.17) is 11.6 Å². The lowest BCUT2D eigenvalue weighted by Gasteiger charge is -2.25. The summed E-state index contributed by atoms with van der Waals surface area (Å²) in [5.41, 5.74) is 9.79. The van der Waals surface area contributed by atoms with Gasteiger partial charge in [-0.05, 0) is 60.0 Å². The number of pyridine rings is 1. The average Bonchev–Trinajstić information content (AvgIpc) is 2.53. The molecule has 2 aromatic rings. The predicted octanol–water partition coefficient (Wildman–Crippen LogP) is 3.52. The zero-order chi connectivity index (χ0) is 14.5. The summed E-state index contributed by atoms with van der Waals surface area (Å²) in [6, 6.07) is 11.6. The third-order valence-corrected chi connectivity index (χ3v) is 3.33. The molecule has 3 rings (SSSR count). The number of rotatable bonds is 4. The summed E-state index contributed by atoms with van der Waals surface area (Å²) in [6.07, 6.45) is 10.5. The Balaban J connectivity index is 1.57. The zero-order valence-corrected chi connectivity index (χ0v) is 12.1. The van der Waals surface area contributed by atoms with E-state index in [1.54, 1.807) is 5.12 Å². The molecule has 0 amide bonds. The molecule has 1 aliphatic rings. The van der Waals surface area contributed by atoms with Gasteiger partial charge in [-0.3, -0.25) is 15.8 Å². The molecular formula is C16H15ClN4. The number of hydrogen-bond acceptors (Lipinski definition) is 4. The third kappa shape index (κ3) is 3.77. The monoisotopic (exact) mass is 298 g/mol. The largest absolute Gasteiger partial charge is 0.287 e. The molecule has 1 aromatic carbocycles. The normalized spacial score (nSPS) is 13.6. The molecule has 2 N–H and O–H groups in total. The lowest BCUT2D eigenvalue weighted by atomic mass is 10.1. The van der Waals surface area contributed by atoms with Crippen LogP contribution >= 0.6 is 11.6 Å². The van der Waals surface area contributed by atoms with Crippen LogP contribution in [0.4, 0.5) is 5.69 Å². The number of anilines is 1. The van der Waals surface area contributed by atoms with Crippen molar-refractivity contribution in [2.45, 2.75) is 6.42 Å². The van der Waals surface area contributed by atoms with Crippen LogP contribution in [0.25, 0.3) is 0 Å². The number of halogens is 1. The van der Waals surface area contributed by atoms with Gasteiger partial charge in [0.05, 0.1) is 5.69 Å². The number of benzene rings is 1. The molecule has 0 spiro atoms. The number of hydrazine groups is 2. The molecule has 5 heteroatoms. The predicted molar refractivity (Wildman–Crippen MR) is 85.2 cm³/mol. The summed E-state index contributed by atoms with van der Waals surface area (Å²) in [5, 5.41) is 2.52. The SMILES string of the molecule is Clc1ccc(NN2C=CC(Cc3ccncc3)=CN2)cc1. The van der Waals surface area contributed by atoms with Crippen LogP contribution in [-0.2, 0) is 6.42 Å². The molecule has 0 fully saturated rings. The minimum atomic E-state index is 0.724. The molecule has 0 atom stereocenters. The number of nitrogens with one attached hydrogen (secondary N) is 2. The van der Waals surface area contributed by atoms with Gasteiger partial charge < -0.3 is 0 Å². The summed E-state index contributed by atoms with van der Waals surface area (Å²) < 4.78 is 0. The van der Waals surface area contributed by atoms with Gasteiger partial charge in [-0.25, -0.2) is 5.12 Å². The van der Waals surface area contributed by atoms with Crippen LogP contribution in [0, 0.1) is 0 Å². The number of allylic oxidation sites excluding steroid dienone is 2. The van der Waals surface area contributed by atoms with E-state index in [1.807, 2.05) is 61.2 Å². The first-order valence-electron chi connectivity index (χ1n) is 6.63. The Morgan fingerprint density at radius 1 is 1.10 bits per heavy atom. The van der Waals surface area contributed by atoms with E-state index in [-0.39, 0.29) is 0 Å². The zero-order valence-electron chi connectivity index (χ0n) is 11.3. The Kier molecular flexibility index (Phi) is 4.07. The Morgan fingerprint density at radius 2 is 1.86 bits per heavy atom. The summed E-state index contributed by atoms with van der Waals surface area (Å²) in [6.45, 7) is 0. The highest BCUT2D eigenvalue weighted by Gasteiger charge is 2.05. The minimum absolute atomic E-state index is 0.724. The van der Waals surface area contributed by atoms with Crippen molar-refractivity contribution in [3.63, 3.8) is 0 Å². The first-order valence-corrected chi connectivity index (χ1v) is 7.01. The molecule has 21 heavy (non-hydrogen) atoms. The second-order valence-corrected chi connectivity index (χ2v) is 5.12. The van der Waals surface area contributed by atoms with Gasteiger partial charge >= 0.3 is 0 Å². The Bertz CT molecular complexity index is 650. The molecule has 106 valence electrons. The first-order chi connectivity index (χ1) is 10.3. The quantitative estimate of drug-likeness (QED) is 0.906. The van der Waals surface area contributed by atoms with E-state index in [9.17, 15) is 0 Å². The maximum absolute atomic E-state index is 5.87. The number of aromatic nitrogens is 1. The Morgan fingerprint density at radius 3 is 2.52 bits per heavy atom. The fraction of sp³-hybridized carbons (Fsp3) is 0.0625. The van der Waals surface area contributed by atoms with Crippen LogP contribution < -0.4 is 10.9 Å². The van der Waals surface area contributed by atoms with Crippen molar-refractivity contribution in [2.75, 3.05) is 5.43 Å². The summed E-state index contributed by atoms with van der Waals surface area (Å²) in [5.74, 6) is 0. The highest BCUT2D eigenvalue weighted by molar-refractivity contribution is 6.30. The molecule has 4 nitrogen and oxygen atoms in total. The number of nitrogens with zero attached hydrogens (tertiary/aromatic N) is 2. The van der Waals surface area contributed by atoms with Crippen molar-refractivity contribution in [3.8, 4) is 0 Å². The van der Waals surface area contributed by atoms with Gasteiger partial charge in [0.25, 0.3) is 0 Å². The summed E-state index contributed by atoms with van der Waals surface area (Å²) in [7, 11) is 0. The molecule has 1 aromatic heterocycles. The van der Waals surface area contributed by atoms with Crippen LogP contribution in [0.15, 0.2) is 72.8 Å². The van der Waals surface area contributed by atoms with Crippen LogP contribution in [-0.4, -0.2) is 10.1 Å². The van der Waals surface area contributed by atoms with Gasteiger partial charge in [0, 0.05) is 29.8 Å². The van der Waals surface area contributed by atoms with E-state index >= 15 is 0 Å². The average molecular weight is 299 g/mol. The van der Waals surface area contributed by atoms with Crippen molar-refractivity contribution < 1.29 is 0 Å². The topological polar surface area (TPSA) is 40.2 Å². The lowest BCUT2D eigenvalue weighted by molar-refractivity contribution is 0.373. The molecule has 0 aliphatic carbocycles. The van der Waals surface area contributed by atoms with Crippen molar-refractivity contribution in [1.82, 2.24) is 15.5 Å². The standard InChI is InChI=1S/C16H15ClN4/c17-15-1-3-16(4-2-15)20-21-10-7-14(12-19-21)11-13-5-8-18-9-6-13/h1-10,12,19-20H,11H2. The second kappa shape index (κ2) is 6.33. The molecule has 1 aliphatic heterocycles. The van der Waals surface area contributed by atoms with Crippen LogP contribution in [0.5, 0.6) is 0 Å². The molecular weight excluding hydrogens is 284 g/mol. The molecule has 0 radical (unpaired) electrons. The van der Waals surface area contributed by atoms with Gasteiger partial charge in [-0.15, -0.1) is 0 Å². The smallest absolute Gasteiger partial charge is 0.0562 e. The van der Waals surface area contributed by atoms with Gasteiger partial charge in [-0.2, -0.15) is 0 Å². The number of hydrogen-bond donors (Lipinski definition) is 2. The molecule has 0 bridgehead atoms. The second-order valence-electron chi connectivity index (χ2n) is 4.69. The molecule has 0 unspecified atom stereocenters. The van der Waals surface area contributed by atoms with E-state index in [0.717, 1.165) is 17.1 Å². The van der Waals surface area contributed by atoms with Crippen LogP contribution in [0.2, 0.25) is 5.02 Å². The van der Waals surface area contributed by atoms with E-state index in [0.29, 0.717) is 0 Å². The highest BCUT2D eigenvalue weighted by Crippen LogP contribution is 2.15. The van der Waals surface area contributed by atoms with E-state index < -0.39 is 0 Å². The van der Waals surface area contributed by atoms with Crippen molar-refractivity contribution >= 4 is 17.3 Å². The van der Waals surface area contributed by atoms with Gasteiger partial charge in [0.15, 0.2) is 0 Å². The third-order valence-electron chi connectivity index (χ3n) is 3.08. The molecule has 2 heterocycles. The maximum atomic E-state index is 5.87. The van der Waals surface area contributed by atoms with E-state index in [2.05, 4.69) is 21.9 Å². The Labute approximate surface area is 128 Å². The summed E-state index contributed by atoms with van der Waals surface area (Å²) >= 11 is 5.87.